The molecule has 1 fully saturated rings. The van der Waals surface area contributed by atoms with Gasteiger partial charge in [-0.1, -0.05) is 36.8 Å². The number of guanidine groups is 1. The van der Waals surface area contributed by atoms with Crippen LogP contribution in [0.4, 0.5) is 0 Å². The number of pyridine rings is 1. The average Bonchev–Trinajstić information content (AvgIpc) is 2.71. The van der Waals surface area contributed by atoms with Crippen LogP contribution in [0.1, 0.15) is 36.1 Å². The van der Waals surface area contributed by atoms with Gasteiger partial charge in [0.05, 0.1) is 12.2 Å². The molecule has 1 aliphatic rings. The van der Waals surface area contributed by atoms with Crippen LogP contribution in [0.5, 0.6) is 0 Å². The summed E-state index contributed by atoms with van der Waals surface area (Å²) >= 11 is 0. The summed E-state index contributed by atoms with van der Waals surface area (Å²) in [6, 6.07) is 14.8. The number of hydrogen-bond acceptors (Lipinski definition) is 3. The number of piperidine rings is 1. The van der Waals surface area contributed by atoms with Crippen LogP contribution in [0.15, 0.2) is 53.7 Å². The van der Waals surface area contributed by atoms with Crippen molar-refractivity contribution in [1.29, 1.82) is 0 Å². The predicted molar refractivity (Wildman–Crippen MR) is 107 cm³/mol. The fourth-order valence-corrected chi connectivity index (χ4v) is 3.22. The van der Waals surface area contributed by atoms with E-state index in [2.05, 4.69) is 49.8 Å². The molecule has 0 atom stereocenters. The Hall–Kier alpha value is -2.40. The van der Waals surface area contributed by atoms with Gasteiger partial charge in [-0.3, -0.25) is 14.9 Å². The molecule has 5 nitrogen and oxygen atoms in total. The molecule has 0 radical (unpaired) electrons. The Morgan fingerprint density at radius 3 is 2.38 bits per heavy atom. The van der Waals surface area contributed by atoms with E-state index >= 15 is 0 Å². The number of rotatable bonds is 6. The van der Waals surface area contributed by atoms with Gasteiger partial charge in [0.15, 0.2) is 5.96 Å². The van der Waals surface area contributed by atoms with E-state index in [0.29, 0.717) is 6.54 Å². The van der Waals surface area contributed by atoms with E-state index in [9.17, 15) is 0 Å². The van der Waals surface area contributed by atoms with Crippen molar-refractivity contribution in [3.63, 3.8) is 0 Å². The second kappa shape index (κ2) is 9.92. The summed E-state index contributed by atoms with van der Waals surface area (Å²) in [5.41, 5.74) is 3.65. The number of aromatic nitrogens is 1. The molecule has 0 spiro atoms. The van der Waals surface area contributed by atoms with Crippen molar-refractivity contribution in [3.8, 4) is 0 Å². The number of aliphatic imine (C=N–C) groups is 1. The monoisotopic (exact) mass is 351 g/mol. The first-order valence-electron chi connectivity index (χ1n) is 9.48. The molecule has 2 N–H and O–H groups in total. The third-order valence-electron chi connectivity index (χ3n) is 4.72. The molecule has 26 heavy (non-hydrogen) atoms. The quantitative estimate of drug-likeness (QED) is 0.621. The lowest BCUT2D eigenvalue weighted by Crippen LogP contribution is -2.36. The van der Waals surface area contributed by atoms with E-state index < -0.39 is 0 Å². The molecule has 2 heterocycles. The van der Waals surface area contributed by atoms with Crippen molar-refractivity contribution in [2.75, 3.05) is 20.1 Å². The Morgan fingerprint density at radius 1 is 0.962 bits per heavy atom. The number of nitrogens with one attached hydrogen (secondary N) is 2. The first-order valence-corrected chi connectivity index (χ1v) is 9.48. The highest BCUT2D eigenvalue weighted by atomic mass is 15.2. The minimum absolute atomic E-state index is 0.662. The van der Waals surface area contributed by atoms with Crippen LogP contribution in [0.25, 0.3) is 0 Å². The lowest BCUT2D eigenvalue weighted by atomic mass is 10.1. The molecule has 1 aromatic heterocycles. The van der Waals surface area contributed by atoms with Gasteiger partial charge in [0.25, 0.3) is 0 Å². The highest BCUT2D eigenvalue weighted by molar-refractivity contribution is 5.79. The van der Waals surface area contributed by atoms with Crippen LogP contribution in [-0.4, -0.2) is 36.0 Å². The molecular formula is C21H29N5. The number of likely N-dealkylation sites (tertiary alicyclic amines) is 1. The molecule has 0 aliphatic carbocycles. The summed E-state index contributed by atoms with van der Waals surface area (Å²) in [6.07, 6.45) is 5.87. The van der Waals surface area contributed by atoms with Gasteiger partial charge < -0.3 is 10.6 Å². The van der Waals surface area contributed by atoms with E-state index in [4.69, 9.17) is 0 Å². The van der Waals surface area contributed by atoms with Crippen LogP contribution in [0, 0.1) is 0 Å². The Balaban J connectivity index is 1.44. The number of nitrogens with zero attached hydrogens (tertiary/aromatic N) is 3. The summed E-state index contributed by atoms with van der Waals surface area (Å²) < 4.78 is 0. The minimum Gasteiger partial charge on any atom is -0.352 e. The molecule has 0 saturated carbocycles. The van der Waals surface area contributed by atoms with E-state index in [1.807, 2.05) is 18.2 Å². The second-order valence-electron chi connectivity index (χ2n) is 6.75. The molecule has 0 unspecified atom stereocenters. The molecular weight excluding hydrogens is 322 g/mol. The van der Waals surface area contributed by atoms with Crippen molar-refractivity contribution in [2.24, 2.45) is 4.99 Å². The fraction of sp³-hybridized carbons (Fsp3) is 0.429. The lowest BCUT2D eigenvalue weighted by Gasteiger charge is -2.26. The van der Waals surface area contributed by atoms with E-state index in [0.717, 1.165) is 24.7 Å². The van der Waals surface area contributed by atoms with E-state index in [1.54, 1.807) is 13.2 Å². The zero-order valence-electron chi connectivity index (χ0n) is 15.6. The maximum absolute atomic E-state index is 4.31. The number of benzene rings is 1. The number of hydrogen-bond donors (Lipinski definition) is 2. The van der Waals surface area contributed by atoms with Crippen LogP contribution < -0.4 is 10.6 Å². The van der Waals surface area contributed by atoms with Crippen molar-refractivity contribution >= 4 is 5.96 Å². The summed E-state index contributed by atoms with van der Waals surface area (Å²) in [5.74, 6) is 0.785. The average molecular weight is 351 g/mol. The summed E-state index contributed by atoms with van der Waals surface area (Å²) in [4.78, 5) is 11.1. The summed E-state index contributed by atoms with van der Waals surface area (Å²) in [6.45, 7) is 4.96. The first-order chi connectivity index (χ1) is 12.8. The second-order valence-corrected chi connectivity index (χ2v) is 6.75. The van der Waals surface area contributed by atoms with Crippen molar-refractivity contribution in [2.45, 2.75) is 38.9 Å². The molecule has 0 amide bonds. The molecule has 0 bridgehead atoms. The minimum atomic E-state index is 0.662. The van der Waals surface area contributed by atoms with Crippen LogP contribution >= 0.6 is 0 Å². The van der Waals surface area contributed by atoms with Crippen LogP contribution in [0.2, 0.25) is 0 Å². The maximum Gasteiger partial charge on any atom is 0.191 e. The first kappa shape index (κ1) is 18.4. The van der Waals surface area contributed by atoms with Gasteiger partial charge in [-0.15, -0.1) is 0 Å². The zero-order chi connectivity index (χ0) is 18.0. The third kappa shape index (κ3) is 5.85. The van der Waals surface area contributed by atoms with Crippen LogP contribution in [-0.2, 0) is 19.6 Å². The topological polar surface area (TPSA) is 52.6 Å². The van der Waals surface area contributed by atoms with Gasteiger partial charge in [-0.2, -0.15) is 0 Å². The fourth-order valence-electron chi connectivity index (χ4n) is 3.22. The predicted octanol–water partition coefficient (Wildman–Crippen LogP) is 2.93. The van der Waals surface area contributed by atoms with Gasteiger partial charge in [0.1, 0.15) is 0 Å². The Labute approximate surface area is 156 Å². The van der Waals surface area contributed by atoms with Crippen molar-refractivity contribution < 1.29 is 0 Å². The Bertz CT molecular complexity index is 675. The summed E-state index contributed by atoms with van der Waals surface area (Å²) in [7, 11) is 1.79. The molecule has 1 aromatic carbocycles. The third-order valence-corrected chi connectivity index (χ3v) is 4.72. The van der Waals surface area contributed by atoms with Crippen molar-refractivity contribution in [3.05, 3.63) is 65.5 Å². The molecule has 1 saturated heterocycles. The highest BCUT2D eigenvalue weighted by Crippen LogP contribution is 2.13. The molecule has 5 heteroatoms. The Kier molecular flexibility index (Phi) is 7.02. The van der Waals surface area contributed by atoms with E-state index in [-0.39, 0.29) is 0 Å². The van der Waals surface area contributed by atoms with Crippen LogP contribution in [0.3, 0.4) is 0 Å². The molecule has 3 rings (SSSR count). The van der Waals surface area contributed by atoms with E-state index in [1.165, 1.54) is 43.5 Å². The van der Waals surface area contributed by atoms with Gasteiger partial charge in [0, 0.05) is 26.3 Å². The molecule has 2 aromatic rings. The van der Waals surface area contributed by atoms with Crippen molar-refractivity contribution in [1.82, 2.24) is 20.5 Å². The zero-order valence-corrected chi connectivity index (χ0v) is 15.6. The maximum atomic E-state index is 4.31. The molecule has 138 valence electrons. The standard InChI is InChI=1S/C21H29N5/c1-22-21(25-16-20-7-3-4-12-23-20)24-15-18-8-10-19(11-9-18)17-26-13-5-2-6-14-26/h3-4,7-12H,2,5-6,13-17H2,1H3,(H2,22,24,25). The largest absolute Gasteiger partial charge is 0.352 e. The van der Waals surface area contributed by atoms with Gasteiger partial charge in [-0.05, 0) is 49.2 Å². The SMILES string of the molecule is CN=C(NCc1ccc(CN2CCCCC2)cc1)NCc1ccccn1. The molecule has 1 aliphatic heterocycles. The van der Waals surface area contributed by atoms with Gasteiger partial charge in [-0.25, -0.2) is 0 Å². The summed E-state index contributed by atoms with van der Waals surface area (Å²) in [5, 5.41) is 6.65. The smallest absolute Gasteiger partial charge is 0.191 e. The normalized spacial score (nSPS) is 15.7. The van der Waals surface area contributed by atoms with Gasteiger partial charge in [0.2, 0.25) is 0 Å². The van der Waals surface area contributed by atoms with Gasteiger partial charge >= 0.3 is 0 Å². The Morgan fingerprint density at radius 2 is 1.69 bits per heavy atom. The lowest BCUT2D eigenvalue weighted by molar-refractivity contribution is 0.221. The highest BCUT2D eigenvalue weighted by Gasteiger charge is 2.10.